The maximum Gasteiger partial charge on any atom is 0.0945 e. The standard InChI is InChI=1S/C20H26N2/c1-15(2)20-8-4-7-17-5-3-6-18(19(17)20)11-16(12-20)13-22-10-9-21-14-22/h3,5-6,9-10,14-16H,4,7-8,11-13H2,1-2H3/t16-,20-/m1/s1. The van der Waals surface area contributed by atoms with Crippen molar-refractivity contribution < 1.29 is 0 Å². The highest BCUT2D eigenvalue weighted by atomic mass is 15.0. The first-order valence-corrected chi connectivity index (χ1v) is 8.76. The summed E-state index contributed by atoms with van der Waals surface area (Å²) in [5, 5.41) is 0. The van der Waals surface area contributed by atoms with E-state index >= 15 is 0 Å². The highest BCUT2D eigenvalue weighted by molar-refractivity contribution is 5.46. The molecule has 0 radical (unpaired) electrons. The highest BCUT2D eigenvalue weighted by Gasteiger charge is 2.45. The van der Waals surface area contributed by atoms with Crippen LogP contribution in [0.25, 0.3) is 0 Å². The van der Waals surface area contributed by atoms with Crippen molar-refractivity contribution in [3.63, 3.8) is 0 Å². The predicted octanol–water partition coefficient (Wildman–Crippen LogP) is 4.38. The molecule has 1 aromatic carbocycles. The van der Waals surface area contributed by atoms with Gasteiger partial charge in [0.15, 0.2) is 0 Å². The summed E-state index contributed by atoms with van der Waals surface area (Å²) in [6.45, 7) is 5.98. The fourth-order valence-corrected chi connectivity index (χ4v) is 5.13. The lowest BCUT2D eigenvalue weighted by atomic mass is 9.55. The van der Waals surface area contributed by atoms with Crippen LogP contribution in [0.4, 0.5) is 0 Å². The van der Waals surface area contributed by atoms with Gasteiger partial charge in [-0.25, -0.2) is 4.98 Å². The summed E-state index contributed by atoms with van der Waals surface area (Å²) in [5.41, 5.74) is 5.41. The van der Waals surface area contributed by atoms with Crippen LogP contribution in [0.15, 0.2) is 36.9 Å². The van der Waals surface area contributed by atoms with E-state index in [0.717, 1.165) is 18.4 Å². The maximum absolute atomic E-state index is 4.21. The maximum atomic E-state index is 4.21. The van der Waals surface area contributed by atoms with E-state index in [0.29, 0.717) is 5.41 Å². The topological polar surface area (TPSA) is 17.8 Å². The zero-order valence-electron chi connectivity index (χ0n) is 13.8. The molecule has 1 aromatic heterocycles. The van der Waals surface area contributed by atoms with Crippen molar-refractivity contribution in [2.45, 2.75) is 57.9 Å². The van der Waals surface area contributed by atoms with Gasteiger partial charge < -0.3 is 4.57 Å². The second kappa shape index (κ2) is 5.26. The molecule has 2 nitrogen and oxygen atoms in total. The van der Waals surface area contributed by atoms with Gasteiger partial charge in [0.05, 0.1) is 6.33 Å². The van der Waals surface area contributed by atoms with Crippen LogP contribution in [-0.2, 0) is 24.8 Å². The molecular weight excluding hydrogens is 268 g/mol. The molecule has 0 saturated carbocycles. The number of hydrogen-bond donors (Lipinski definition) is 0. The van der Waals surface area contributed by atoms with Crippen molar-refractivity contribution in [2.75, 3.05) is 0 Å². The molecule has 2 atom stereocenters. The van der Waals surface area contributed by atoms with Crippen LogP contribution in [0.1, 0.15) is 49.8 Å². The molecule has 2 aliphatic rings. The van der Waals surface area contributed by atoms with Gasteiger partial charge in [-0.2, -0.15) is 0 Å². The lowest BCUT2D eigenvalue weighted by Crippen LogP contribution is -2.43. The van der Waals surface area contributed by atoms with E-state index in [-0.39, 0.29) is 0 Å². The Morgan fingerprint density at radius 3 is 2.95 bits per heavy atom. The minimum atomic E-state index is 0.410. The van der Waals surface area contributed by atoms with Crippen LogP contribution < -0.4 is 0 Å². The molecule has 1 heterocycles. The lowest BCUT2D eigenvalue weighted by Gasteiger charge is -2.49. The van der Waals surface area contributed by atoms with Gasteiger partial charge in [0, 0.05) is 18.9 Å². The Kier molecular flexibility index (Phi) is 3.36. The summed E-state index contributed by atoms with van der Waals surface area (Å²) in [6.07, 6.45) is 12.5. The molecule has 0 bridgehead atoms. The first-order valence-electron chi connectivity index (χ1n) is 8.76. The highest BCUT2D eigenvalue weighted by Crippen LogP contribution is 2.52. The van der Waals surface area contributed by atoms with Gasteiger partial charge in [-0.1, -0.05) is 32.0 Å². The first-order chi connectivity index (χ1) is 10.7. The summed E-state index contributed by atoms with van der Waals surface area (Å²) in [5.74, 6) is 1.45. The lowest BCUT2D eigenvalue weighted by molar-refractivity contribution is 0.175. The molecule has 2 heteroatoms. The van der Waals surface area contributed by atoms with Crippen molar-refractivity contribution in [3.05, 3.63) is 53.6 Å². The summed E-state index contributed by atoms with van der Waals surface area (Å²) < 4.78 is 2.26. The van der Waals surface area contributed by atoms with E-state index in [1.165, 1.54) is 32.1 Å². The fraction of sp³-hybridized carbons (Fsp3) is 0.550. The van der Waals surface area contributed by atoms with Crippen molar-refractivity contribution in [1.29, 1.82) is 0 Å². The summed E-state index contributed by atoms with van der Waals surface area (Å²) in [7, 11) is 0. The third kappa shape index (κ3) is 2.12. The summed E-state index contributed by atoms with van der Waals surface area (Å²) in [4.78, 5) is 4.21. The third-order valence-electron chi connectivity index (χ3n) is 6.10. The zero-order chi connectivity index (χ0) is 15.2. The Morgan fingerprint density at radius 2 is 2.18 bits per heavy atom. The number of nitrogens with zero attached hydrogens (tertiary/aromatic N) is 2. The van der Waals surface area contributed by atoms with E-state index < -0.39 is 0 Å². The van der Waals surface area contributed by atoms with E-state index in [1.54, 1.807) is 16.7 Å². The van der Waals surface area contributed by atoms with Crippen molar-refractivity contribution in [3.8, 4) is 0 Å². The Labute approximate surface area is 133 Å². The van der Waals surface area contributed by atoms with Gasteiger partial charge >= 0.3 is 0 Å². The summed E-state index contributed by atoms with van der Waals surface area (Å²) >= 11 is 0. The Morgan fingerprint density at radius 1 is 1.32 bits per heavy atom. The number of rotatable bonds is 3. The first kappa shape index (κ1) is 14.0. The predicted molar refractivity (Wildman–Crippen MR) is 89.9 cm³/mol. The number of imidazole rings is 1. The van der Waals surface area contributed by atoms with Crippen LogP contribution in [0.5, 0.6) is 0 Å². The minimum absolute atomic E-state index is 0.410. The van der Waals surface area contributed by atoms with E-state index in [1.807, 2.05) is 12.5 Å². The zero-order valence-corrected chi connectivity index (χ0v) is 13.8. The summed E-state index contributed by atoms with van der Waals surface area (Å²) in [6, 6.07) is 7.05. The molecule has 0 N–H and O–H groups in total. The average Bonchev–Trinajstić information content (AvgIpc) is 3.00. The monoisotopic (exact) mass is 294 g/mol. The number of aromatic nitrogens is 2. The number of aryl methyl sites for hydroxylation is 1. The molecule has 2 aliphatic carbocycles. The second-order valence-electron chi connectivity index (χ2n) is 7.65. The molecule has 4 rings (SSSR count). The minimum Gasteiger partial charge on any atom is -0.337 e. The molecule has 0 fully saturated rings. The van der Waals surface area contributed by atoms with Crippen LogP contribution >= 0.6 is 0 Å². The van der Waals surface area contributed by atoms with Gasteiger partial charge in [0.25, 0.3) is 0 Å². The largest absolute Gasteiger partial charge is 0.337 e. The number of hydrogen-bond acceptors (Lipinski definition) is 1. The molecule has 0 spiro atoms. The van der Waals surface area contributed by atoms with Crippen LogP contribution in [-0.4, -0.2) is 9.55 Å². The van der Waals surface area contributed by atoms with Crippen molar-refractivity contribution in [1.82, 2.24) is 9.55 Å². The number of benzene rings is 1. The normalized spacial score (nSPS) is 27.0. The van der Waals surface area contributed by atoms with Crippen LogP contribution in [0.2, 0.25) is 0 Å². The molecular formula is C20H26N2. The second-order valence-corrected chi connectivity index (χ2v) is 7.65. The molecule has 22 heavy (non-hydrogen) atoms. The quantitative estimate of drug-likeness (QED) is 0.821. The van der Waals surface area contributed by atoms with Gasteiger partial charge in [-0.05, 0) is 66.0 Å². The van der Waals surface area contributed by atoms with E-state index in [4.69, 9.17) is 0 Å². The third-order valence-corrected chi connectivity index (χ3v) is 6.10. The Hall–Kier alpha value is -1.57. The van der Waals surface area contributed by atoms with Crippen molar-refractivity contribution in [2.24, 2.45) is 11.8 Å². The van der Waals surface area contributed by atoms with E-state index in [2.05, 4.69) is 47.8 Å². The molecule has 116 valence electrons. The molecule has 0 aliphatic heterocycles. The SMILES string of the molecule is CC(C)[C@]12CCCc3cccc(c31)C[C@@H](Cn1ccnc1)C2. The molecule has 0 unspecified atom stereocenters. The van der Waals surface area contributed by atoms with E-state index in [9.17, 15) is 0 Å². The Balaban J connectivity index is 1.75. The molecule has 2 aromatic rings. The Bertz CT molecular complexity index is 656. The van der Waals surface area contributed by atoms with Gasteiger partial charge in [-0.3, -0.25) is 0 Å². The van der Waals surface area contributed by atoms with Gasteiger partial charge in [-0.15, -0.1) is 0 Å². The van der Waals surface area contributed by atoms with Crippen molar-refractivity contribution >= 4 is 0 Å². The fourth-order valence-electron chi connectivity index (χ4n) is 5.13. The molecule has 0 amide bonds. The smallest absolute Gasteiger partial charge is 0.0945 e. The molecule has 0 saturated heterocycles. The van der Waals surface area contributed by atoms with Gasteiger partial charge in [0.1, 0.15) is 0 Å². The van der Waals surface area contributed by atoms with Crippen LogP contribution in [0.3, 0.4) is 0 Å². The van der Waals surface area contributed by atoms with Crippen LogP contribution in [0, 0.1) is 11.8 Å². The van der Waals surface area contributed by atoms with Gasteiger partial charge in [0.2, 0.25) is 0 Å². The average molecular weight is 294 g/mol.